The first-order valence-electron chi connectivity index (χ1n) is 6.95. The van der Waals surface area contributed by atoms with Gasteiger partial charge in [-0.25, -0.2) is 8.42 Å². The zero-order valence-electron chi connectivity index (χ0n) is 12.7. The lowest BCUT2D eigenvalue weighted by atomic mass is 10.3. The fraction of sp³-hybridized carbons (Fsp3) is 0.538. The second-order valence-electron chi connectivity index (χ2n) is 5.49. The topological polar surface area (TPSA) is 75.5 Å². The van der Waals surface area contributed by atoms with Gasteiger partial charge < -0.3 is 4.90 Å². The van der Waals surface area contributed by atoms with E-state index in [4.69, 9.17) is 0 Å². The van der Waals surface area contributed by atoms with E-state index >= 15 is 0 Å². The maximum Gasteiger partial charge on any atom is 0.264 e. The van der Waals surface area contributed by atoms with Gasteiger partial charge in [0.1, 0.15) is 4.83 Å². The van der Waals surface area contributed by atoms with E-state index < -0.39 is 10.0 Å². The molecule has 120 valence electrons. The summed E-state index contributed by atoms with van der Waals surface area (Å²) < 4.78 is 26.2. The third kappa shape index (κ3) is 2.64. The molecule has 0 N–H and O–H groups in total. The number of carbonyl (C=O) groups is 1. The Balaban J connectivity index is 1.78. The van der Waals surface area contributed by atoms with Crippen molar-refractivity contribution < 1.29 is 13.2 Å². The molecule has 0 aliphatic carbocycles. The largest absolute Gasteiger partial charge is 0.335 e. The number of rotatable bonds is 2. The molecule has 1 amide bonds. The van der Waals surface area contributed by atoms with Crippen LogP contribution in [0.25, 0.3) is 10.2 Å². The van der Waals surface area contributed by atoms with Crippen molar-refractivity contribution in [2.24, 2.45) is 7.05 Å². The summed E-state index contributed by atoms with van der Waals surface area (Å²) in [6.07, 6.45) is 1.20. The van der Waals surface area contributed by atoms with Crippen molar-refractivity contribution >= 4 is 37.5 Å². The third-order valence-electron chi connectivity index (χ3n) is 3.90. The summed E-state index contributed by atoms with van der Waals surface area (Å²) in [6.45, 7) is 3.50. The molecule has 0 unspecified atom stereocenters. The van der Waals surface area contributed by atoms with Crippen LogP contribution in [0.15, 0.2) is 6.07 Å². The van der Waals surface area contributed by atoms with E-state index in [1.165, 1.54) is 21.9 Å². The Bertz CT molecular complexity index is 794. The summed E-state index contributed by atoms with van der Waals surface area (Å²) >= 11 is 1.43. The van der Waals surface area contributed by atoms with Crippen molar-refractivity contribution in [1.29, 1.82) is 0 Å². The first-order chi connectivity index (χ1) is 10.3. The Labute approximate surface area is 133 Å². The molecular weight excluding hydrogens is 324 g/mol. The van der Waals surface area contributed by atoms with Crippen molar-refractivity contribution in [2.75, 3.05) is 32.4 Å². The van der Waals surface area contributed by atoms with Gasteiger partial charge in [0.05, 0.1) is 16.8 Å². The first-order valence-corrected chi connectivity index (χ1v) is 9.61. The minimum atomic E-state index is -3.18. The van der Waals surface area contributed by atoms with Crippen LogP contribution in [0.4, 0.5) is 0 Å². The van der Waals surface area contributed by atoms with Gasteiger partial charge in [-0.2, -0.15) is 9.40 Å². The Kier molecular flexibility index (Phi) is 3.74. The number of carbonyl (C=O) groups excluding carboxylic acids is 1. The van der Waals surface area contributed by atoms with Gasteiger partial charge in [0.15, 0.2) is 0 Å². The van der Waals surface area contributed by atoms with E-state index in [2.05, 4.69) is 5.10 Å². The van der Waals surface area contributed by atoms with Gasteiger partial charge in [0, 0.05) is 38.6 Å². The fourth-order valence-corrected chi connectivity index (χ4v) is 4.61. The molecule has 0 saturated carbocycles. The van der Waals surface area contributed by atoms with E-state index in [1.54, 1.807) is 9.58 Å². The highest BCUT2D eigenvalue weighted by Crippen LogP contribution is 2.28. The summed E-state index contributed by atoms with van der Waals surface area (Å²) in [7, 11) is -1.31. The highest BCUT2D eigenvalue weighted by Gasteiger charge is 2.27. The molecule has 0 aromatic carbocycles. The van der Waals surface area contributed by atoms with E-state index in [-0.39, 0.29) is 5.91 Å². The van der Waals surface area contributed by atoms with Crippen molar-refractivity contribution in [3.05, 3.63) is 16.6 Å². The predicted octanol–water partition coefficient (Wildman–Crippen LogP) is 0.661. The van der Waals surface area contributed by atoms with Crippen LogP contribution in [-0.2, 0) is 17.1 Å². The minimum Gasteiger partial charge on any atom is -0.335 e. The molecule has 0 spiro atoms. The monoisotopic (exact) mass is 342 g/mol. The van der Waals surface area contributed by atoms with Crippen LogP contribution in [0.3, 0.4) is 0 Å². The number of sulfonamides is 1. The second-order valence-corrected chi connectivity index (χ2v) is 8.51. The van der Waals surface area contributed by atoms with Crippen LogP contribution in [0.2, 0.25) is 0 Å². The lowest BCUT2D eigenvalue weighted by Crippen LogP contribution is -2.50. The number of hydrogen-bond acceptors (Lipinski definition) is 5. The molecule has 0 radical (unpaired) electrons. The molecule has 1 saturated heterocycles. The van der Waals surface area contributed by atoms with Crippen LogP contribution in [0.1, 0.15) is 15.4 Å². The van der Waals surface area contributed by atoms with Crippen LogP contribution < -0.4 is 0 Å². The standard InChI is InChI=1S/C13H18N4O3S2/c1-9-10-8-11(21-13(10)15(2)14-9)12(18)16-4-6-17(7-5-16)22(3,19)20/h8H,4-7H2,1-3H3. The Morgan fingerprint density at radius 1 is 1.27 bits per heavy atom. The number of aryl methyl sites for hydroxylation is 2. The summed E-state index contributed by atoms with van der Waals surface area (Å²) in [4.78, 5) is 16.0. The molecule has 2 aromatic heterocycles. The minimum absolute atomic E-state index is 0.0336. The molecule has 7 nitrogen and oxygen atoms in total. The zero-order valence-corrected chi connectivity index (χ0v) is 14.4. The first kappa shape index (κ1) is 15.4. The number of hydrogen-bond donors (Lipinski definition) is 0. The van der Waals surface area contributed by atoms with Crippen LogP contribution >= 0.6 is 11.3 Å². The Hall–Kier alpha value is -1.45. The molecular formula is C13H18N4O3S2. The molecule has 22 heavy (non-hydrogen) atoms. The van der Waals surface area contributed by atoms with E-state index in [9.17, 15) is 13.2 Å². The SMILES string of the molecule is Cc1nn(C)c2sc(C(=O)N3CCN(S(C)(=O)=O)CC3)cc12. The number of fused-ring (bicyclic) bond motifs is 1. The van der Waals surface area contributed by atoms with E-state index in [0.717, 1.165) is 15.9 Å². The summed E-state index contributed by atoms with van der Waals surface area (Å²) in [5.74, 6) is -0.0336. The number of nitrogens with zero attached hydrogens (tertiary/aromatic N) is 4. The molecule has 3 heterocycles. The molecule has 3 rings (SSSR count). The number of piperazine rings is 1. The highest BCUT2D eigenvalue weighted by molar-refractivity contribution is 7.88. The third-order valence-corrected chi connectivity index (χ3v) is 6.39. The van der Waals surface area contributed by atoms with E-state index in [0.29, 0.717) is 31.1 Å². The van der Waals surface area contributed by atoms with Crippen LogP contribution in [0.5, 0.6) is 0 Å². The van der Waals surface area contributed by atoms with Crippen molar-refractivity contribution in [3.8, 4) is 0 Å². The Morgan fingerprint density at radius 2 is 1.91 bits per heavy atom. The number of thiophene rings is 1. The van der Waals surface area contributed by atoms with Gasteiger partial charge in [-0.3, -0.25) is 9.48 Å². The lowest BCUT2D eigenvalue weighted by Gasteiger charge is -2.32. The lowest BCUT2D eigenvalue weighted by molar-refractivity contribution is 0.0703. The summed E-state index contributed by atoms with van der Waals surface area (Å²) in [5, 5.41) is 5.33. The molecule has 0 bridgehead atoms. The molecule has 1 aliphatic heterocycles. The summed E-state index contributed by atoms with van der Waals surface area (Å²) in [5.41, 5.74) is 0.912. The Morgan fingerprint density at radius 3 is 2.45 bits per heavy atom. The maximum atomic E-state index is 12.6. The average Bonchev–Trinajstić information content (AvgIpc) is 3.00. The molecule has 2 aromatic rings. The molecule has 0 atom stereocenters. The molecule has 9 heteroatoms. The van der Waals surface area contributed by atoms with Gasteiger partial charge in [0.2, 0.25) is 10.0 Å². The average molecular weight is 342 g/mol. The second kappa shape index (κ2) is 5.32. The normalized spacial score (nSPS) is 17.3. The predicted molar refractivity (Wildman–Crippen MR) is 85.6 cm³/mol. The van der Waals surface area contributed by atoms with Crippen molar-refractivity contribution in [3.63, 3.8) is 0 Å². The van der Waals surface area contributed by atoms with Crippen molar-refractivity contribution in [2.45, 2.75) is 6.92 Å². The van der Waals surface area contributed by atoms with Gasteiger partial charge in [-0.1, -0.05) is 0 Å². The smallest absolute Gasteiger partial charge is 0.264 e. The quantitative estimate of drug-likeness (QED) is 0.803. The zero-order chi connectivity index (χ0) is 16.1. The molecule has 1 fully saturated rings. The number of aromatic nitrogens is 2. The summed E-state index contributed by atoms with van der Waals surface area (Å²) in [6, 6.07) is 1.88. The fourth-order valence-electron chi connectivity index (χ4n) is 2.69. The molecule has 1 aliphatic rings. The number of amides is 1. The van der Waals surface area contributed by atoms with Crippen molar-refractivity contribution in [1.82, 2.24) is 19.0 Å². The maximum absolute atomic E-state index is 12.6. The van der Waals surface area contributed by atoms with Crippen LogP contribution in [-0.4, -0.2) is 65.7 Å². The van der Waals surface area contributed by atoms with Gasteiger partial charge in [0.25, 0.3) is 5.91 Å². The van der Waals surface area contributed by atoms with E-state index in [1.807, 2.05) is 20.0 Å². The van der Waals surface area contributed by atoms with Crippen LogP contribution in [0, 0.1) is 6.92 Å². The highest BCUT2D eigenvalue weighted by atomic mass is 32.2. The van der Waals surface area contributed by atoms with Gasteiger partial charge >= 0.3 is 0 Å². The van der Waals surface area contributed by atoms with Gasteiger partial charge in [-0.15, -0.1) is 11.3 Å². The van der Waals surface area contributed by atoms with Gasteiger partial charge in [-0.05, 0) is 13.0 Å².